The monoisotopic (exact) mass is 249 g/mol. The third-order valence-electron chi connectivity index (χ3n) is 2.69. The van der Waals surface area contributed by atoms with Gasteiger partial charge < -0.3 is 15.5 Å². The minimum absolute atomic E-state index is 0.121. The zero-order valence-corrected chi connectivity index (χ0v) is 11.2. The number of fused-ring (bicyclic) bond motifs is 1. The summed E-state index contributed by atoms with van der Waals surface area (Å²) in [6.45, 7) is 4.00. The number of anilines is 1. The van der Waals surface area contributed by atoms with Crippen molar-refractivity contribution in [1.82, 2.24) is 10.6 Å². The Morgan fingerprint density at radius 2 is 1.89 bits per heavy atom. The Balaban J connectivity index is 0.000000771. The first-order chi connectivity index (χ1) is 8.65. The van der Waals surface area contributed by atoms with E-state index in [1.165, 1.54) is 7.05 Å². The van der Waals surface area contributed by atoms with Gasteiger partial charge >= 0.3 is 6.03 Å². The lowest BCUT2D eigenvalue weighted by Gasteiger charge is -2.12. The molecule has 3 amide bonds. The Bertz CT molecular complexity index is 446. The number of urea groups is 1. The molecule has 1 heterocycles. The van der Waals surface area contributed by atoms with E-state index < -0.39 is 6.04 Å². The van der Waals surface area contributed by atoms with Crippen LogP contribution in [-0.2, 0) is 4.79 Å². The third kappa shape index (κ3) is 2.45. The van der Waals surface area contributed by atoms with Gasteiger partial charge in [-0.2, -0.15) is 0 Å². The van der Waals surface area contributed by atoms with Gasteiger partial charge in [-0.15, -0.1) is 0 Å². The molecule has 5 nitrogen and oxygen atoms in total. The van der Waals surface area contributed by atoms with Gasteiger partial charge in [0.1, 0.15) is 6.04 Å². The van der Waals surface area contributed by atoms with Crippen molar-refractivity contribution in [3.63, 3.8) is 0 Å². The van der Waals surface area contributed by atoms with E-state index in [1.54, 1.807) is 11.9 Å². The summed E-state index contributed by atoms with van der Waals surface area (Å²) in [6, 6.07) is 6.48. The molecule has 0 fully saturated rings. The zero-order chi connectivity index (χ0) is 13.7. The number of rotatable bonds is 1. The molecule has 0 spiro atoms. The highest BCUT2D eigenvalue weighted by atomic mass is 16.2. The second-order valence-corrected chi connectivity index (χ2v) is 3.61. The maximum Gasteiger partial charge on any atom is 0.315 e. The highest BCUT2D eigenvalue weighted by Gasteiger charge is 2.35. The molecule has 18 heavy (non-hydrogen) atoms. The molecule has 0 radical (unpaired) electrons. The van der Waals surface area contributed by atoms with Crippen LogP contribution < -0.4 is 15.5 Å². The van der Waals surface area contributed by atoms with Crippen molar-refractivity contribution in [2.45, 2.75) is 19.9 Å². The number of carbonyl (C=O) groups is 2. The van der Waals surface area contributed by atoms with Crippen LogP contribution in [0.3, 0.4) is 0 Å². The number of carbonyl (C=O) groups excluding carboxylic acids is 2. The van der Waals surface area contributed by atoms with Crippen LogP contribution in [0.5, 0.6) is 0 Å². The Morgan fingerprint density at radius 1 is 1.28 bits per heavy atom. The number of para-hydroxylation sites is 1. The second-order valence-electron chi connectivity index (χ2n) is 3.61. The summed E-state index contributed by atoms with van der Waals surface area (Å²) < 4.78 is 0. The Kier molecular flexibility index (Phi) is 4.71. The molecule has 0 aromatic heterocycles. The standard InChI is InChI=1S/C11H13N3O2.C2H6/c1-12-11(16)13-9-7-5-3-4-6-8(7)14(2)10(9)15;1-2/h3-6,9H,1-2H3,(H2,12,13,16);1-2H3. The fourth-order valence-electron chi connectivity index (χ4n) is 1.83. The average molecular weight is 249 g/mol. The Hall–Kier alpha value is -2.04. The summed E-state index contributed by atoms with van der Waals surface area (Å²) in [5.74, 6) is -0.121. The molecule has 2 rings (SSSR count). The lowest BCUT2D eigenvalue weighted by Crippen LogP contribution is -2.40. The molecule has 0 aliphatic carbocycles. The van der Waals surface area contributed by atoms with Gasteiger partial charge in [-0.05, 0) is 6.07 Å². The Labute approximate surface area is 107 Å². The molecule has 1 aliphatic heterocycles. The minimum Gasteiger partial charge on any atom is -0.341 e. The summed E-state index contributed by atoms with van der Waals surface area (Å²) in [7, 11) is 3.22. The van der Waals surface area contributed by atoms with E-state index in [2.05, 4.69) is 10.6 Å². The van der Waals surface area contributed by atoms with E-state index in [4.69, 9.17) is 0 Å². The van der Waals surface area contributed by atoms with Gasteiger partial charge in [-0.25, -0.2) is 4.79 Å². The van der Waals surface area contributed by atoms with E-state index >= 15 is 0 Å². The molecule has 1 aromatic rings. The van der Waals surface area contributed by atoms with Crippen LogP contribution in [0.25, 0.3) is 0 Å². The predicted molar refractivity (Wildman–Crippen MR) is 71.5 cm³/mol. The summed E-state index contributed by atoms with van der Waals surface area (Å²) in [5.41, 5.74) is 1.67. The molecule has 0 bridgehead atoms. The van der Waals surface area contributed by atoms with Crippen molar-refractivity contribution in [3.05, 3.63) is 29.8 Å². The van der Waals surface area contributed by atoms with Crippen molar-refractivity contribution in [2.24, 2.45) is 0 Å². The van der Waals surface area contributed by atoms with Gasteiger partial charge in [-0.3, -0.25) is 4.79 Å². The van der Waals surface area contributed by atoms with Crippen LogP contribution in [-0.4, -0.2) is 26.0 Å². The quantitative estimate of drug-likeness (QED) is 0.795. The van der Waals surface area contributed by atoms with E-state index in [0.717, 1.165) is 11.3 Å². The summed E-state index contributed by atoms with van der Waals surface area (Å²) in [5, 5.41) is 5.06. The van der Waals surface area contributed by atoms with E-state index in [9.17, 15) is 9.59 Å². The number of hydrogen-bond acceptors (Lipinski definition) is 2. The number of benzene rings is 1. The van der Waals surface area contributed by atoms with Crippen LogP contribution in [0.4, 0.5) is 10.5 Å². The van der Waals surface area contributed by atoms with Gasteiger partial charge in [-0.1, -0.05) is 32.0 Å². The first-order valence-electron chi connectivity index (χ1n) is 6.00. The van der Waals surface area contributed by atoms with Crippen molar-refractivity contribution in [1.29, 1.82) is 0 Å². The molecule has 0 saturated carbocycles. The van der Waals surface area contributed by atoms with Gasteiger partial charge in [0.25, 0.3) is 5.91 Å². The molecule has 1 unspecified atom stereocenters. The summed E-state index contributed by atoms with van der Waals surface area (Å²) >= 11 is 0. The van der Waals surface area contributed by atoms with Crippen LogP contribution >= 0.6 is 0 Å². The maximum absolute atomic E-state index is 11.9. The Morgan fingerprint density at radius 3 is 2.50 bits per heavy atom. The first-order valence-corrected chi connectivity index (χ1v) is 6.00. The van der Waals surface area contributed by atoms with Crippen molar-refractivity contribution in [3.8, 4) is 0 Å². The van der Waals surface area contributed by atoms with Gasteiger partial charge in [0.15, 0.2) is 0 Å². The average Bonchev–Trinajstić information content (AvgIpc) is 2.66. The smallest absolute Gasteiger partial charge is 0.315 e. The maximum atomic E-state index is 11.9. The van der Waals surface area contributed by atoms with Crippen LogP contribution in [0.15, 0.2) is 24.3 Å². The van der Waals surface area contributed by atoms with E-state index in [0.29, 0.717) is 0 Å². The number of amides is 3. The highest BCUT2D eigenvalue weighted by Crippen LogP contribution is 2.34. The number of hydrogen-bond donors (Lipinski definition) is 2. The molecule has 1 aromatic carbocycles. The van der Waals surface area contributed by atoms with Crippen molar-refractivity contribution >= 4 is 17.6 Å². The van der Waals surface area contributed by atoms with Gasteiger partial charge in [0, 0.05) is 25.3 Å². The molecule has 5 heteroatoms. The molecular weight excluding hydrogens is 230 g/mol. The molecule has 98 valence electrons. The fourth-order valence-corrected chi connectivity index (χ4v) is 1.83. The number of likely N-dealkylation sites (N-methyl/N-ethyl adjacent to an activating group) is 1. The number of nitrogens with one attached hydrogen (secondary N) is 2. The molecule has 1 atom stereocenters. The molecule has 1 aliphatic rings. The SMILES string of the molecule is CC.CNC(=O)NC1C(=O)N(C)c2ccccc21. The van der Waals surface area contributed by atoms with E-state index in [-0.39, 0.29) is 11.9 Å². The second kappa shape index (κ2) is 6.05. The lowest BCUT2D eigenvalue weighted by molar-refractivity contribution is -0.119. The van der Waals surface area contributed by atoms with Crippen LogP contribution in [0.2, 0.25) is 0 Å². The van der Waals surface area contributed by atoms with Crippen molar-refractivity contribution < 1.29 is 9.59 Å². The van der Waals surface area contributed by atoms with Gasteiger partial charge in [0.05, 0.1) is 0 Å². The molecule has 0 saturated heterocycles. The fraction of sp³-hybridized carbons (Fsp3) is 0.385. The number of nitrogens with zero attached hydrogens (tertiary/aromatic N) is 1. The normalized spacial score (nSPS) is 16.6. The minimum atomic E-state index is -0.582. The summed E-state index contributed by atoms with van der Waals surface area (Å²) in [4.78, 5) is 24.7. The largest absolute Gasteiger partial charge is 0.341 e. The zero-order valence-electron chi connectivity index (χ0n) is 11.2. The third-order valence-corrected chi connectivity index (χ3v) is 2.69. The first kappa shape index (κ1) is 14.0. The van der Waals surface area contributed by atoms with Crippen LogP contribution in [0.1, 0.15) is 25.5 Å². The molecular formula is C13H19N3O2. The van der Waals surface area contributed by atoms with E-state index in [1.807, 2.05) is 38.1 Å². The molecule has 2 N–H and O–H groups in total. The summed E-state index contributed by atoms with van der Waals surface area (Å²) in [6.07, 6.45) is 0. The highest BCUT2D eigenvalue weighted by molar-refractivity contribution is 6.05. The predicted octanol–water partition coefficient (Wildman–Crippen LogP) is 1.66. The van der Waals surface area contributed by atoms with Crippen LogP contribution in [0, 0.1) is 0 Å². The topological polar surface area (TPSA) is 61.4 Å². The van der Waals surface area contributed by atoms with Gasteiger partial charge in [0.2, 0.25) is 0 Å². The van der Waals surface area contributed by atoms with Crippen molar-refractivity contribution in [2.75, 3.05) is 19.0 Å². The lowest BCUT2D eigenvalue weighted by atomic mass is 10.1.